The van der Waals surface area contributed by atoms with Gasteiger partial charge in [-0.3, -0.25) is 9.35 Å². The molecule has 0 aliphatic carbocycles. The first-order valence-corrected chi connectivity index (χ1v) is 21.8. The van der Waals surface area contributed by atoms with Gasteiger partial charge in [-0.1, -0.05) is 133 Å². The van der Waals surface area contributed by atoms with Crippen LogP contribution in [0.2, 0.25) is 0 Å². The Morgan fingerprint density at radius 3 is 1.83 bits per heavy atom. The average molecular weight is 789 g/mol. The molecule has 1 rings (SSSR count). The Hall–Kier alpha value is -1.94. The second kappa shape index (κ2) is 33.2. The van der Waals surface area contributed by atoms with Crippen molar-refractivity contribution in [1.82, 2.24) is 0 Å². The Bertz CT molecular complexity index is 1140. The van der Waals surface area contributed by atoms with Gasteiger partial charge in [0.2, 0.25) is 0 Å². The van der Waals surface area contributed by atoms with Crippen LogP contribution >= 0.6 is 0 Å². The molecule has 1 fully saturated rings. The highest BCUT2D eigenvalue weighted by molar-refractivity contribution is 7.80. The molecular formula is C41H72O12S. The lowest BCUT2D eigenvalue weighted by molar-refractivity contribution is -0.301. The monoisotopic (exact) mass is 788 g/mol. The zero-order valence-electron chi connectivity index (χ0n) is 33.0. The number of carbonyl (C=O) groups excluding carboxylic acids is 1. The number of hydrogen-bond donors (Lipinski definition) is 4. The van der Waals surface area contributed by atoms with Gasteiger partial charge in [-0.2, -0.15) is 8.42 Å². The second-order valence-electron chi connectivity index (χ2n) is 13.9. The fourth-order valence-corrected chi connectivity index (χ4v) is 6.41. The summed E-state index contributed by atoms with van der Waals surface area (Å²) in [4.78, 5) is 12.8. The predicted molar refractivity (Wildman–Crippen MR) is 211 cm³/mol. The maximum absolute atomic E-state index is 12.8. The van der Waals surface area contributed by atoms with Gasteiger partial charge in [-0.15, -0.1) is 0 Å². The van der Waals surface area contributed by atoms with E-state index >= 15 is 0 Å². The van der Waals surface area contributed by atoms with Gasteiger partial charge in [-0.25, -0.2) is 4.18 Å². The lowest BCUT2D eigenvalue weighted by Gasteiger charge is -2.41. The fraction of sp³-hybridized carbons (Fsp3) is 0.780. The fourth-order valence-electron chi connectivity index (χ4n) is 5.90. The van der Waals surface area contributed by atoms with E-state index in [0.717, 1.165) is 57.8 Å². The summed E-state index contributed by atoms with van der Waals surface area (Å²) in [5.41, 5.74) is 0. The highest BCUT2D eigenvalue weighted by Gasteiger charge is 2.48. The van der Waals surface area contributed by atoms with E-state index in [1.54, 1.807) is 0 Å². The summed E-state index contributed by atoms with van der Waals surface area (Å²) < 4.78 is 58.8. The predicted octanol–water partition coefficient (Wildman–Crippen LogP) is 7.63. The number of hydrogen-bond acceptors (Lipinski definition) is 11. The molecule has 6 unspecified atom stereocenters. The summed E-state index contributed by atoms with van der Waals surface area (Å²) in [6, 6.07) is 0. The van der Waals surface area contributed by atoms with Crippen molar-refractivity contribution in [2.24, 2.45) is 0 Å². The summed E-state index contributed by atoms with van der Waals surface area (Å²) in [5.74, 6) is -0.441. The Morgan fingerprint density at radius 1 is 0.722 bits per heavy atom. The summed E-state index contributed by atoms with van der Waals surface area (Å²) in [7, 11) is -5.06. The van der Waals surface area contributed by atoms with Crippen LogP contribution in [0.15, 0.2) is 48.6 Å². The number of aliphatic hydroxyl groups is 3. The van der Waals surface area contributed by atoms with Crippen molar-refractivity contribution in [3.8, 4) is 0 Å². The van der Waals surface area contributed by atoms with Crippen LogP contribution in [-0.2, 0) is 38.3 Å². The summed E-state index contributed by atoms with van der Waals surface area (Å²) in [5, 5.41) is 30.6. The average Bonchev–Trinajstić information content (AvgIpc) is 3.14. The highest BCUT2D eigenvalue weighted by Crippen LogP contribution is 2.26. The highest BCUT2D eigenvalue weighted by atomic mass is 32.3. The lowest BCUT2D eigenvalue weighted by Crippen LogP contribution is -2.60. The molecule has 0 radical (unpaired) electrons. The first-order valence-electron chi connectivity index (χ1n) is 20.4. The lowest BCUT2D eigenvalue weighted by atomic mass is 9.99. The topological polar surface area (TPSA) is 178 Å². The third kappa shape index (κ3) is 26.8. The molecule has 0 aromatic rings. The third-order valence-electron chi connectivity index (χ3n) is 8.97. The Morgan fingerprint density at radius 2 is 1.28 bits per heavy atom. The minimum Gasteiger partial charge on any atom is -0.457 e. The van der Waals surface area contributed by atoms with Crippen LogP contribution in [0.25, 0.3) is 0 Å². The number of ether oxygens (including phenoxy) is 4. The van der Waals surface area contributed by atoms with Crippen molar-refractivity contribution in [3.05, 3.63) is 48.6 Å². The molecule has 0 bridgehead atoms. The van der Waals surface area contributed by atoms with Gasteiger partial charge >= 0.3 is 16.4 Å². The van der Waals surface area contributed by atoms with Gasteiger partial charge in [0.1, 0.15) is 30.5 Å². The minimum atomic E-state index is -5.06. The molecule has 1 saturated heterocycles. The number of allylic oxidation sites excluding steroid dienone is 8. The molecule has 13 heteroatoms. The molecule has 1 aliphatic rings. The van der Waals surface area contributed by atoms with E-state index in [1.807, 2.05) is 0 Å². The Balaban J connectivity index is 2.52. The zero-order valence-corrected chi connectivity index (χ0v) is 33.8. The number of carbonyl (C=O) groups is 1. The van der Waals surface area contributed by atoms with Gasteiger partial charge < -0.3 is 34.3 Å². The number of unbranched alkanes of at least 4 members (excludes halogenated alkanes) is 13. The van der Waals surface area contributed by atoms with E-state index in [9.17, 15) is 28.5 Å². The van der Waals surface area contributed by atoms with Crippen LogP contribution in [0.4, 0.5) is 0 Å². The van der Waals surface area contributed by atoms with E-state index in [4.69, 9.17) is 23.5 Å². The smallest absolute Gasteiger partial charge is 0.397 e. The van der Waals surface area contributed by atoms with Crippen LogP contribution in [-0.4, -0.2) is 97.5 Å². The standard InChI is InChI=1S/C41H72O12S/c1-3-5-7-9-11-13-15-17-18-19-20-22-24-26-28-30-37(43)51-35(33-49-31-29-27-25-23-21-16-14-12-10-8-6-4-2)34-50-41-39(45)40(53-54(46,47)48)38(44)36(32-42)52-41/h5,7,11,13,17-18,20,22,35-36,38-42,44-45H,3-4,6,8-10,12,14-16,19,21,23-34H2,1-2H3,(H,46,47,48)/b7-5-,13-11-,18-17-,22-20-. The summed E-state index contributed by atoms with van der Waals surface area (Å²) in [6.07, 6.45) is 28.7. The van der Waals surface area contributed by atoms with Crippen LogP contribution in [0, 0.1) is 0 Å². The Kier molecular flexibility index (Phi) is 30.8. The van der Waals surface area contributed by atoms with Crippen LogP contribution in [0.3, 0.4) is 0 Å². The molecular weight excluding hydrogens is 717 g/mol. The van der Waals surface area contributed by atoms with E-state index in [2.05, 4.69) is 66.6 Å². The van der Waals surface area contributed by atoms with Crippen molar-refractivity contribution >= 4 is 16.4 Å². The number of esters is 1. The van der Waals surface area contributed by atoms with Crippen molar-refractivity contribution < 1.29 is 56.2 Å². The van der Waals surface area contributed by atoms with Crippen LogP contribution < -0.4 is 0 Å². The summed E-state index contributed by atoms with van der Waals surface area (Å²) >= 11 is 0. The van der Waals surface area contributed by atoms with Gasteiger partial charge in [0, 0.05) is 13.0 Å². The maximum atomic E-state index is 12.8. The van der Waals surface area contributed by atoms with E-state index in [1.165, 1.54) is 57.8 Å². The van der Waals surface area contributed by atoms with Gasteiger partial charge in [-0.05, 0) is 51.4 Å². The molecule has 6 atom stereocenters. The van der Waals surface area contributed by atoms with Gasteiger partial charge in [0.05, 0.1) is 19.8 Å². The van der Waals surface area contributed by atoms with E-state index in [0.29, 0.717) is 13.0 Å². The molecule has 12 nitrogen and oxygen atoms in total. The maximum Gasteiger partial charge on any atom is 0.397 e. The normalized spacial score (nSPS) is 21.6. The SMILES string of the molecule is CC/C=C\C/C=C\C/C=C\C/C=C\CCCCC(=O)OC(COCCCCCCCCCCCCCC)COC1OC(CO)C(O)C(OS(=O)(=O)O)C1O. The number of rotatable bonds is 34. The summed E-state index contributed by atoms with van der Waals surface area (Å²) in [6.45, 7) is 3.80. The zero-order chi connectivity index (χ0) is 39.7. The van der Waals surface area contributed by atoms with Crippen molar-refractivity contribution in [2.75, 3.05) is 26.4 Å². The molecule has 314 valence electrons. The van der Waals surface area contributed by atoms with E-state index in [-0.39, 0.29) is 19.6 Å². The van der Waals surface area contributed by atoms with Gasteiger partial charge in [0.15, 0.2) is 6.29 Å². The molecule has 1 aliphatic heterocycles. The second-order valence-corrected chi connectivity index (χ2v) is 14.9. The molecule has 54 heavy (non-hydrogen) atoms. The van der Waals surface area contributed by atoms with Crippen molar-refractivity contribution in [1.29, 1.82) is 0 Å². The van der Waals surface area contributed by atoms with Crippen LogP contribution in [0.1, 0.15) is 142 Å². The van der Waals surface area contributed by atoms with Crippen LogP contribution in [0.5, 0.6) is 0 Å². The molecule has 0 aromatic heterocycles. The molecule has 0 aromatic carbocycles. The minimum absolute atomic E-state index is 0.0194. The largest absolute Gasteiger partial charge is 0.457 e. The molecule has 1 heterocycles. The van der Waals surface area contributed by atoms with E-state index < -0.39 is 59.8 Å². The molecule has 0 amide bonds. The molecule has 4 N–H and O–H groups in total. The molecule has 0 saturated carbocycles. The Labute approximate surface area is 326 Å². The first kappa shape index (κ1) is 50.1. The quantitative estimate of drug-likeness (QED) is 0.0217. The van der Waals surface area contributed by atoms with Gasteiger partial charge in [0.25, 0.3) is 0 Å². The van der Waals surface area contributed by atoms with Crippen molar-refractivity contribution in [3.63, 3.8) is 0 Å². The third-order valence-corrected chi connectivity index (χ3v) is 9.43. The van der Waals surface area contributed by atoms with Crippen molar-refractivity contribution in [2.45, 2.75) is 179 Å². The first-order chi connectivity index (χ1) is 26.1. The molecule has 0 spiro atoms. The number of aliphatic hydroxyl groups excluding tert-OH is 3.